The van der Waals surface area contributed by atoms with E-state index in [0.29, 0.717) is 23.5 Å². The Kier molecular flexibility index (Phi) is 10.6. The van der Waals surface area contributed by atoms with Gasteiger partial charge in [-0.1, -0.05) is 39.0 Å². The number of pyridine rings is 1. The molecule has 3 rings (SSSR count). The number of benzene rings is 1. The minimum Gasteiger partial charge on any atom is -0.478 e. The van der Waals surface area contributed by atoms with Crippen molar-refractivity contribution in [3.8, 4) is 0 Å². The Balaban J connectivity index is 0.000000550. The molecule has 2 aromatic rings. The van der Waals surface area contributed by atoms with E-state index in [4.69, 9.17) is 10.2 Å². The number of nitrogens with one attached hydrogen (secondary N) is 1. The highest BCUT2D eigenvalue weighted by molar-refractivity contribution is 7.92. The van der Waals surface area contributed by atoms with Crippen LogP contribution in [0.15, 0.2) is 66.1 Å². The zero-order chi connectivity index (χ0) is 28.5. The Morgan fingerprint density at radius 1 is 1.00 bits per heavy atom. The van der Waals surface area contributed by atoms with Crippen molar-refractivity contribution in [3.05, 3.63) is 72.5 Å². The number of hydrogen-bond donors (Lipinski definition) is 3. The number of anilines is 2. The second-order valence-electron chi connectivity index (χ2n) is 9.77. The second-order valence-corrected chi connectivity index (χ2v) is 11.5. The third-order valence-corrected chi connectivity index (χ3v) is 7.18. The highest BCUT2D eigenvalue weighted by Gasteiger charge is 2.20. The summed E-state index contributed by atoms with van der Waals surface area (Å²) >= 11 is 0. The lowest BCUT2D eigenvalue weighted by atomic mass is 9.87. The van der Waals surface area contributed by atoms with Crippen molar-refractivity contribution in [2.75, 3.05) is 42.3 Å². The molecule has 1 aliphatic heterocycles. The number of carboxylic acid groups (broad SMARTS) is 2. The summed E-state index contributed by atoms with van der Waals surface area (Å²) in [5.74, 6) is -1.64. The molecule has 1 fully saturated rings. The van der Waals surface area contributed by atoms with Crippen molar-refractivity contribution >= 4 is 33.5 Å². The molecule has 10 nitrogen and oxygen atoms in total. The van der Waals surface area contributed by atoms with Crippen LogP contribution in [0.4, 0.5) is 11.5 Å². The first kappa shape index (κ1) is 30.5. The van der Waals surface area contributed by atoms with E-state index in [1.165, 1.54) is 0 Å². The van der Waals surface area contributed by atoms with Crippen LogP contribution in [-0.2, 0) is 25.0 Å². The zero-order valence-corrected chi connectivity index (χ0v) is 23.0. The standard InChI is InChI=1S/C23H32N4O2S.C4H4O4/c1-6-13-26-14-16-27(17-15-26)22-12-11-21(18(2)24-22)25-30(28,29)20-9-7-19(8-10-20)23(3,4)5;5-3(6)1-2-4(7)8/h6-12,25H,1,13-17H2,2-5H3;1-2H,(H,5,6)(H,7,8)/b;2-1+. The van der Waals surface area contributed by atoms with E-state index in [-0.39, 0.29) is 10.3 Å². The van der Waals surface area contributed by atoms with Gasteiger partial charge in [0.25, 0.3) is 10.0 Å². The molecule has 1 aromatic heterocycles. The lowest BCUT2D eigenvalue weighted by molar-refractivity contribution is -0.134. The van der Waals surface area contributed by atoms with Crippen LogP contribution in [0, 0.1) is 6.92 Å². The molecular weight excluding hydrogens is 508 g/mol. The highest BCUT2D eigenvalue weighted by atomic mass is 32.2. The number of aliphatic carboxylic acids is 2. The number of hydrogen-bond acceptors (Lipinski definition) is 7. The fourth-order valence-electron chi connectivity index (χ4n) is 3.65. The maximum absolute atomic E-state index is 12.8. The molecule has 206 valence electrons. The molecule has 2 heterocycles. The van der Waals surface area contributed by atoms with Crippen LogP contribution < -0.4 is 9.62 Å². The van der Waals surface area contributed by atoms with E-state index in [1.54, 1.807) is 18.2 Å². The van der Waals surface area contributed by atoms with E-state index in [0.717, 1.165) is 44.1 Å². The summed E-state index contributed by atoms with van der Waals surface area (Å²) in [6, 6.07) is 10.7. The maximum atomic E-state index is 12.8. The Hall–Kier alpha value is -3.70. The first-order valence-electron chi connectivity index (χ1n) is 12.1. The van der Waals surface area contributed by atoms with Crippen molar-refractivity contribution in [3.63, 3.8) is 0 Å². The normalized spacial score (nSPS) is 14.5. The third-order valence-electron chi connectivity index (χ3n) is 5.80. The van der Waals surface area contributed by atoms with Crippen molar-refractivity contribution < 1.29 is 28.2 Å². The summed E-state index contributed by atoms with van der Waals surface area (Å²) in [7, 11) is -3.67. The lowest BCUT2D eigenvalue weighted by Crippen LogP contribution is -2.46. The van der Waals surface area contributed by atoms with Gasteiger partial charge in [-0.25, -0.2) is 23.0 Å². The molecule has 0 bridgehead atoms. The van der Waals surface area contributed by atoms with Crippen molar-refractivity contribution in [2.45, 2.75) is 38.0 Å². The smallest absolute Gasteiger partial charge is 0.328 e. The molecule has 3 N–H and O–H groups in total. The highest BCUT2D eigenvalue weighted by Crippen LogP contribution is 2.26. The summed E-state index contributed by atoms with van der Waals surface area (Å²) in [5, 5.41) is 15.6. The largest absolute Gasteiger partial charge is 0.478 e. The van der Waals surface area contributed by atoms with E-state index < -0.39 is 22.0 Å². The summed E-state index contributed by atoms with van der Waals surface area (Å²) in [5.41, 5.74) is 2.24. The quantitative estimate of drug-likeness (QED) is 0.336. The van der Waals surface area contributed by atoms with Gasteiger partial charge in [-0.2, -0.15) is 0 Å². The van der Waals surface area contributed by atoms with Gasteiger partial charge in [-0.3, -0.25) is 9.62 Å². The molecule has 0 saturated carbocycles. The monoisotopic (exact) mass is 544 g/mol. The van der Waals surface area contributed by atoms with Gasteiger partial charge < -0.3 is 15.1 Å². The SMILES string of the molecule is C=CCN1CCN(c2ccc(NS(=O)(=O)c3ccc(C(C)(C)C)cc3)c(C)n2)CC1.O=C(O)/C=C/C(=O)O. The minimum atomic E-state index is -3.67. The molecule has 0 spiro atoms. The van der Waals surface area contributed by atoms with Crippen LogP contribution in [-0.4, -0.2) is 73.2 Å². The molecule has 1 aromatic carbocycles. The van der Waals surface area contributed by atoms with Crippen LogP contribution in [0.1, 0.15) is 32.0 Å². The van der Waals surface area contributed by atoms with Crippen molar-refractivity contribution in [1.29, 1.82) is 0 Å². The number of sulfonamides is 1. The van der Waals surface area contributed by atoms with Gasteiger partial charge in [0.1, 0.15) is 5.82 Å². The van der Waals surface area contributed by atoms with Crippen LogP contribution in [0.5, 0.6) is 0 Å². The van der Waals surface area contributed by atoms with Gasteiger partial charge in [0.05, 0.1) is 16.3 Å². The molecule has 1 aliphatic rings. The first-order chi connectivity index (χ1) is 17.7. The molecule has 0 radical (unpaired) electrons. The van der Waals surface area contributed by atoms with Gasteiger partial charge in [0.15, 0.2) is 0 Å². The van der Waals surface area contributed by atoms with Gasteiger partial charge in [-0.15, -0.1) is 6.58 Å². The van der Waals surface area contributed by atoms with Gasteiger partial charge in [-0.05, 0) is 42.2 Å². The lowest BCUT2D eigenvalue weighted by Gasteiger charge is -2.35. The molecule has 0 aliphatic carbocycles. The van der Waals surface area contributed by atoms with Crippen LogP contribution in [0.2, 0.25) is 0 Å². The summed E-state index contributed by atoms with van der Waals surface area (Å²) in [4.78, 5) is 28.6. The molecule has 38 heavy (non-hydrogen) atoms. The number of carboxylic acids is 2. The van der Waals surface area contributed by atoms with E-state index in [2.05, 4.69) is 46.9 Å². The summed E-state index contributed by atoms with van der Waals surface area (Å²) < 4.78 is 28.4. The second kappa shape index (κ2) is 13.2. The summed E-state index contributed by atoms with van der Waals surface area (Å²) in [6.07, 6.45) is 3.04. The Morgan fingerprint density at radius 2 is 1.55 bits per heavy atom. The van der Waals surface area contributed by atoms with Crippen LogP contribution in [0.25, 0.3) is 0 Å². The predicted molar refractivity (Wildman–Crippen MR) is 148 cm³/mol. The molecule has 11 heteroatoms. The third kappa shape index (κ3) is 9.31. The average Bonchev–Trinajstić information content (AvgIpc) is 2.84. The number of aromatic nitrogens is 1. The Bertz CT molecular complexity index is 1240. The minimum absolute atomic E-state index is 0.0246. The van der Waals surface area contributed by atoms with E-state index in [9.17, 15) is 18.0 Å². The molecule has 0 atom stereocenters. The molecular formula is C27H36N4O6S. The first-order valence-corrected chi connectivity index (χ1v) is 13.5. The number of rotatable bonds is 8. The molecule has 0 unspecified atom stereocenters. The predicted octanol–water partition coefficient (Wildman–Crippen LogP) is 3.51. The van der Waals surface area contributed by atoms with Crippen LogP contribution >= 0.6 is 0 Å². The number of aryl methyl sites for hydroxylation is 1. The van der Waals surface area contributed by atoms with E-state index >= 15 is 0 Å². The summed E-state index contributed by atoms with van der Waals surface area (Å²) in [6.45, 7) is 16.5. The average molecular weight is 545 g/mol. The molecule has 1 saturated heterocycles. The fourth-order valence-corrected chi connectivity index (χ4v) is 4.77. The van der Waals surface area contributed by atoms with Crippen molar-refractivity contribution in [2.24, 2.45) is 0 Å². The number of piperazine rings is 1. The topological polar surface area (TPSA) is 140 Å². The van der Waals surface area contributed by atoms with Crippen LogP contribution in [0.3, 0.4) is 0 Å². The van der Waals surface area contributed by atoms with Gasteiger partial charge in [0.2, 0.25) is 0 Å². The van der Waals surface area contributed by atoms with Crippen molar-refractivity contribution in [1.82, 2.24) is 9.88 Å². The van der Waals surface area contributed by atoms with Gasteiger partial charge >= 0.3 is 11.9 Å². The maximum Gasteiger partial charge on any atom is 0.328 e. The molecule has 0 amide bonds. The number of carbonyl (C=O) groups is 2. The van der Waals surface area contributed by atoms with Gasteiger partial charge in [0, 0.05) is 44.9 Å². The number of nitrogens with zero attached hydrogens (tertiary/aromatic N) is 3. The Labute approximate surface area is 224 Å². The fraction of sp³-hybridized carbons (Fsp3) is 0.370. The zero-order valence-electron chi connectivity index (χ0n) is 22.2. The van der Waals surface area contributed by atoms with E-state index in [1.807, 2.05) is 31.2 Å². The Morgan fingerprint density at radius 3 is 2.00 bits per heavy atom.